The number of carbonyl (C=O) groups is 2. The second-order valence-electron chi connectivity index (χ2n) is 8.44. The lowest BCUT2D eigenvalue weighted by molar-refractivity contribution is -0.385. The van der Waals surface area contributed by atoms with Gasteiger partial charge in [0, 0.05) is 17.8 Å². The lowest BCUT2D eigenvalue weighted by Gasteiger charge is -2.12. The Morgan fingerprint density at radius 1 is 0.946 bits per heavy atom. The molecule has 1 aromatic heterocycles. The highest BCUT2D eigenvalue weighted by molar-refractivity contribution is 6.12. The van der Waals surface area contributed by atoms with Crippen LogP contribution in [0.3, 0.4) is 0 Å². The number of methoxy groups -OCH3 is 1. The summed E-state index contributed by atoms with van der Waals surface area (Å²) in [6.07, 6.45) is 1.73. The van der Waals surface area contributed by atoms with E-state index in [1.165, 1.54) is 13.2 Å². The summed E-state index contributed by atoms with van der Waals surface area (Å²) in [5.41, 5.74) is 11.1. The van der Waals surface area contributed by atoms with Crippen LogP contribution in [-0.4, -0.2) is 28.8 Å². The van der Waals surface area contributed by atoms with Crippen molar-refractivity contribution in [3.8, 4) is 28.1 Å². The summed E-state index contributed by atoms with van der Waals surface area (Å²) in [5, 5.41) is 17.5. The first-order valence-corrected chi connectivity index (χ1v) is 11.3. The number of anilines is 3. The fourth-order valence-electron chi connectivity index (χ4n) is 4.23. The van der Waals surface area contributed by atoms with Gasteiger partial charge in [-0.05, 0) is 65.2 Å². The van der Waals surface area contributed by atoms with E-state index in [0.717, 1.165) is 16.7 Å². The average molecular weight is 495 g/mol. The molecular weight excluding hydrogens is 474 g/mol. The predicted molar refractivity (Wildman–Crippen MR) is 139 cm³/mol. The summed E-state index contributed by atoms with van der Waals surface area (Å²) in [6, 6.07) is 18.9. The number of nitrogens with two attached hydrogens (primary N) is 1. The van der Waals surface area contributed by atoms with Gasteiger partial charge < -0.3 is 21.1 Å². The monoisotopic (exact) mass is 495 g/mol. The molecule has 10 heteroatoms. The smallest absolute Gasteiger partial charge is 0.310 e. The van der Waals surface area contributed by atoms with Crippen LogP contribution >= 0.6 is 0 Å². The third-order valence-corrected chi connectivity index (χ3v) is 6.01. The molecule has 4 N–H and O–H groups in total. The van der Waals surface area contributed by atoms with Crippen LogP contribution in [-0.2, 0) is 11.2 Å². The third kappa shape index (κ3) is 4.67. The third-order valence-electron chi connectivity index (χ3n) is 6.01. The SMILES string of the molecule is COc1cc(-c2ccc3c(c2)Nc2cc(-c4cc(CC(N)=O)ccn4)ccc2NC3=O)ccc1[N+](=O)[O-]. The van der Waals surface area contributed by atoms with Gasteiger partial charge in [0.2, 0.25) is 5.91 Å². The molecular formula is C27H21N5O5. The summed E-state index contributed by atoms with van der Waals surface area (Å²) < 4.78 is 5.20. The molecule has 1 aliphatic rings. The Balaban J connectivity index is 1.52. The highest BCUT2D eigenvalue weighted by atomic mass is 16.6. The Morgan fingerprint density at radius 3 is 2.43 bits per heavy atom. The van der Waals surface area contributed by atoms with E-state index < -0.39 is 10.8 Å². The summed E-state index contributed by atoms with van der Waals surface area (Å²) in [4.78, 5) is 39.4. The molecule has 2 amide bonds. The number of amides is 2. The molecule has 37 heavy (non-hydrogen) atoms. The van der Waals surface area contributed by atoms with Gasteiger partial charge in [-0.2, -0.15) is 0 Å². The van der Waals surface area contributed by atoms with Crippen LogP contribution in [0.1, 0.15) is 15.9 Å². The van der Waals surface area contributed by atoms with Gasteiger partial charge in [-0.1, -0.05) is 12.1 Å². The molecule has 3 aromatic carbocycles. The molecule has 0 saturated carbocycles. The number of nitro groups is 1. The standard InChI is InChI=1S/C27H21N5O5/c1-37-25-14-17(4-7-24(25)32(35)36)16-2-5-19-22(12-16)30-23-13-18(3-6-20(23)31-27(19)34)21-10-15(8-9-29-21)11-26(28)33/h2-10,12-14,30H,11H2,1H3,(H2,28,33)(H,31,34). The molecule has 0 radical (unpaired) electrons. The molecule has 5 rings (SSSR count). The molecule has 0 aliphatic carbocycles. The number of fused-ring (bicyclic) bond motifs is 2. The average Bonchev–Trinajstić information content (AvgIpc) is 3.02. The van der Waals surface area contributed by atoms with Gasteiger partial charge >= 0.3 is 5.69 Å². The summed E-state index contributed by atoms with van der Waals surface area (Å²) in [5.74, 6) is -0.561. The minimum Gasteiger partial charge on any atom is -0.490 e. The largest absolute Gasteiger partial charge is 0.490 e. The van der Waals surface area contributed by atoms with E-state index in [9.17, 15) is 19.7 Å². The van der Waals surface area contributed by atoms with Crippen molar-refractivity contribution in [2.45, 2.75) is 6.42 Å². The zero-order valence-corrected chi connectivity index (χ0v) is 19.6. The van der Waals surface area contributed by atoms with E-state index in [2.05, 4.69) is 15.6 Å². The first-order valence-electron chi connectivity index (χ1n) is 11.3. The molecule has 10 nitrogen and oxygen atoms in total. The summed E-state index contributed by atoms with van der Waals surface area (Å²) in [7, 11) is 1.38. The number of primary amides is 1. The molecule has 0 fully saturated rings. The van der Waals surface area contributed by atoms with Crippen LogP contribution in [0, 0.1) is 10.1 Å². The normalized spacial score (nSPS) is 11.9. The molecule has 0 bridgehead atoms. The van der Waals surface area contributed by atoms with Gasteiger partial charge in [0.1, 0.15) is 0 Å². The van der Waals surface area contributed by atoms with Crippen LogP contribution < -0.4 is 21.1 Å². The number of ether oxygens (including phenoxy) is 1. The fourth-order valence-corrected chi connectivity index (χ4v) is 4.23. The zero-order valence-electron chi connectivity index (χ0n) is 19.6. The lowest BCUT2D eigenvalue weighted by Crippen LogP contribution is -2.13. The maximum atomic E-state index is 12.9. The number of nitrogens with one attached hydrogen (secondary N) is 2. The molecule has 0 spiro atoms. The Bertz CT molecular complexity index is 1580. The second-order valence-corrected chi connectivity index (χ2v) is 8.44. The van der Waals surface area contributed by atoms with Crippen molar-refractivity contribution in [2.75, 3.05) is 17.7 Å². The number of rotatable bonds is 6. The molecule has 0 saturated heterocycles. The first-order chi connectivity index (χ1) is 17.8. The first kappa shape index (κ1) is 23.5. The van der Waals surface area contributed by atoms with Gasteiger partial charge in [0.05, 0.1) is 46.8 Å². The van der Waals surface area contributed by atoms with Crippen LogP contribution in [0.5, 0.6) is 5.75 Å². The number of nitrogens with zero attached hydrogens (tertiary/aromatic N) is 2. The lowest BCUT2D eigenvalue weighted by atomic mass is 10.0. The fraction of sp³-hybridized carbons (Fsp3) is 0.0741. The molecule has 0 unspecified atom stereocenters. The number of hydrogen-bond acceptors (Lipinski definition) is 7. The second kappa shape index (κ2) is 9.42. The number of pyridine rings is 1. The van der Waals surface area contributed by atoms with Crippen molar-refractivity contribution in [1.82, 2.24) is 4.98 Å². The number of carbonyl (C=O) groups excluding carboxylic acids is 2. The van der Waals surface area contributed by atoms with E-state index >= 15 is 0 Å². The van der Waals surface area contributed by atoms with E-state index in [0.29, 0.717) is 33.9 Å². The van der Waals surface area contributed by atoms with E-state index in [1.807, 2.05) is 18.2 Å². The van der Waals surface area contributed by atoms with Crippen LogP contribution in [0.15, 0.2) is 72.9 Å². The maximum absolute atomic E-state index is 12.9. The van der Waals surface area contributed by atoms with E-state index in [-0.39, 0.29) is 23.8 Å². The zero-order chi connectivity index (χ0) is 26.1. The van der Waals surface area contributed by atoms with E-state index in [1.54, 1.807) is 48.7 Å². The number of hydrogen-bond donors (Lipinski definition) is 3. The number of aromatic nitrogens is 1. The summed E-state index contributed by atoms with van der Waals surface area (Å²) >= 11 is 0. The Hall–Kier alpha value is -5.25. The van der Waals surface area contributed by atoms with Crippen molar-refractivity contribution in [2.24, 2.45) is 5.73 Å². The predicted octanol–water partition coefficient (Wildman–Crippen LogP) is 4.67. The molecule has 4 aromatic rings. The van der Waals surface area contributed by atoms with Crippen molar-refractivity contribution in [3.05, 3.63) is 94.2 Å². The summed E-state index contributed by atoms with van der Waals surface area (Å²) in [6.45, 7) is 0. The Kier molecular flexibility index (Phi) is 5.98. The minimum absolute atomic E-state index is 0.109. The highest BCUT2D eigenvalue weighted by Crippen LogP contribution is 2.38. The van der Waals surface area contributed by atoms with Crippen LogP contribution in [0.2, 0.25) is 0 Å². The molecule has 1 aliphatic heterocycles. The highest BCUT2D eigenvalue weighted by Gasteiger charge is 2.21. The number of benzene rings is 3. The molecule has 184 valence electrons. The van der Waals surface area contributed by atoms with Crippen molar-refractivity contribution >= 4 is 34.6 Å². The van der Waals surface area contributed by atoms with Gasteiger partial charge in [0.15, 0.2) is 5.75 Å². The number of nitro benzene ring substituents is 1. The molecule has 2 heterocycles. The van der Waals surface area contributed by atoms with Crippen molar-refractivity contribution < 1.29 is 19.2 Å². The van der Waals surface area contributed by atoms with Gasteiger partial charge in [-0.25, -0.2) is 0 Å². The van der Waals surface area contributed by atoms with E-state index in [4.69, 9.17) is 10.5 Å². The topological polar surface area (TPSA) is 149 Å². The Labute approximate surface area is 211 Å². The van der Waals surface area contributed by atoms with Gasteiger partial charge in [0.25, 0.3) is 5.91 Å². The minimum atomic E-state index is -0.502. The van der Waals surface area contributed by atoms with Crippen molar-refractivity contribution in [3.63, 3.8) is 0 Å². The van der Waals surface area contributed by atoms with Crippen LogP contribution in [0.4, 0.5) is 22.7 Å². The quantitative estimate of drug-likeness (QED) is 0.260. The Morgan fingerprint density at radius 2 is 1.68 bits per heavy atom. The van der Waals surface area contributed by atoms with Gasteiger partial charge in [-0.15, -0.1) is 0 Å². The molecule has 0 atom stereocenters. The van der Waals surface area contributed by atoms with Crippen LogP contribution in [0.25, 0.3) is 22.4 Å². The maximum Gasteiger partial charge on any atom is 0.310 e. The van der Waals surface area contributed by atoms with Crippen molar-refractivity contribution in [1.29, 1.82) is 0 Å². The van der Waals surface area contributed by atoms with Gasteiger partial charge in [-0.3, -0.25) is 24.7 Å².